The molecule has 2 amide bonds. The van der Waals surface area contributed by atoms with Crippen molar-refractivity contribution in [2.45, 2.75) is 19.8 Å². The molecule has 1 unspecified atom stereocenters. The summed E-state index contributed by atoms with van der Waals surface area (Å²) in [5.41, 5.74) is 0.442. The van der Waals surface area contributed by atoms with E-state index in [1.807, 2.05) is 6.92 Å². The molecule has 2 rings (SSSR count). The summed E-state index contributed by atoms with van der Waals surface area (Å²) < 4.78 is 0.484. The number of hydrogen-bond donors (Lipinski definition) is 0. The van der Waals surface area contributed by atoms with Gasteiger partial charge in [0.25, 0.3) is 5.91 Å². The van der Waals surface area contributed by atoms with E-state index in [-0.39, 0.29) is 11.8 Å². The first-order valence-corrected chi connectivity index (χ1v) is 6.38. The zero-order valence-electron chi connectivity index (χ0n) is 9.52. The molecule has 0 aromatic carbocycles. The Kier molecular flexibility index (Phi) is 3.57. The molecule has 0 N–H and O–H groups in total. The number of pyridine rings is 1. The van der Waals surface area contributed by atoms with E-state index in [4.69, 9.17) is 0 Å². The smallest absolute Gasteiger partial charge is 0.263 e. The Morgan fingerprint density at radius 1 is 1.65 bits per heavy atom. The van der Waals surface area contributed by atoms with Crippen LogP contribution in [-0.4, -0.2) is 28.2 Å². The molecule has 1 saturated heterocycles. The van der Waals surface area contributed by atoms with Crippen molar-refractivity contribution in [3.05, 3.63) is 28.5 Å². The number of carbonyl (C=O) groups excluding carboxylic acids is 2. The van der Waals surface area contributed by atoms with E-state index in [9.17, 15) is 9.59 Å². The average Bonchev–Trinajstić information content (AvgIpc) is 2.70. The molecule has 5 heteroatoms. The van der Waals surface area contributed by atoms with Crippen LogP contribution in [0.15, 0.2) is 22.9 Å². The molecular weight excluding hydrogens is 284 g/mol. The highest BCUT2D eigenvalue weighted by molar-refractivity contribution is 9.10. The molecule has 17 heavy (non-hydrogen) atoms. The van der Waals surface area contributed by atoms with E-state index < -0.39 is 0 Å². The lowest BCUT2D eigenvalue weighted by atomic mass is 10.1. The van der Waals surface area contributed by atoms with Gasteiger partial charge in [-0.2, -0.15) is 0 Å². The second kappa shape index (κ2) is 4.96. The lowest BCUT2D eigenvalue weighted by Gasteiger charge is -2.14. The molecule has 1 aromatic heterocycles. The van der Waals surface area contributed by atoms with Crippen LogP contribution in [0.2, 0.25) is 0 Å². The molecule has 4 nitrogen and oxygen atoms in total. The van der Waals surface area contributed by atoms with Crippen LogP contribution in [0.1, 0.15) is 30.1 Å². The van der Waals surface area contributed by atoms with E-state index in [1.54, 1.807) is 18.3 Å². The fourth-order valence-corrected chi connectivity index (χ4v) is 2.36. The summed E-state index contributed by atoms with van der Waals surface area (Å²) in [4.78, 5) is 29.2. The van der Waals surface area contributed by atoms with Crippen LogP contribution in [0.3, 0.4) is 0 Å². The van der Waals surface area contributed by atoms with Crippen molar-refractivity contribution in [2.24, 2.45) is 5.92 Å². The molecule has 0 spiro atoms. The number of rotatable bonds is 2. The van der Waals surface area contributed by atoms with Crippen molar-refractivity contribution < 1.29 is 9.59 Å². The molecule has 0 aliphatic carbocycles. The first-order chi connectivity index (χ1) is 8.13. The van der Waals surface area contributed by atoms with Gasteiger partial charge in [0, 0.05) is 19.2 Å². The maximum absolute atomic E-state index is 12.2. The van der Waals surface area contributed by atoms with E-state index in [0.29, 0.717) is 29.1 Å². The van der Waals surface area contributed by atoms with E-state index in [0.717, 1.165) is 6.42 Å². The minimum absolute atomic E-state index is 0.0856. The molecule has 1 aliphatic rings. The van der Waals surface area contributed by atoms with Gasteiger partial charge in [-0.3, -0.25) is 14.5 Å². The molecule has 1 atom stereocenters. The van der Waals surface area contributed by atoms with Crippen LogP contribution in [-0.2, 0) is 4.79 Å². The monoisotopic (exact) mass is 296 g/mol. The molecule has 2 heterocycles. The first-order valence-electron chi connectivity index (χ1n) is 5.58. The van der Waals surface area contributed by atoms with E-state index in [2.05, 4.69) is 20.9 Å². The third kappa shape index (κ3) is 2.39. The molecular formula is C12H13BrN2O2. The second-order valence-corrected chi connectivity index (χ2v) is 4.88. The van der Waals surface area contributed by atoms with Crippen LogP contribution < -0.4 is 0 Å². The van der Waals surface area contributed by atoms with Crippen LogP contribution in [0.5, 0.6) is 0 Å². The Morgan fingerprint density at radius 3 is 3.00 bits per heavy atom. The quantitative estimate of drug-likeness (QED) is 0.621. The van der Waals surface area contributed by atoms with Gasteiger partial charge in [0.15, 0.2) is 0 Å². The van der Waals surface area contributed by atoms with Crippen LogP contribution in [0.25, 0.3) is 0 Å². The Bertz CT molecular complexity index is 462. The van der Waals surface area contributed by atoms with Crippen molar-refractivity contribution in [3.63, 3.8) is 0 Å². The maximum atomic E-state index is 12.2. The Balaban J connectivity index is 2.22. The SMILES string of the molecule is CCC1CC(=O)N(C(=O)c2cccnc2Br)C1. The van der Waals surface area contributed by atoms with Gasteiger partial charge >= 0.3 is 0 Å². The van der Waals surface area contributed by atoms with E-state index >= 15 is 0 Å². The highest BCUT2D eigenvalue weighted by Crippen LogP contribution is 2.24. The average molecular weight is 297 g/mol. The van der Waals surface area contributed by atoms with Crippen molar-refractivity contribution >= 4 is 27.7 Å². The number of imide groups is 1. The van der Waals surface area contributed by atoms with Crippen LogP contribution >= 0.6 is 15.9 Å². The van der Waals surface area contributed by atoms with Gasteiger partial charge in [-0.05, 0) is 34.0 Å². The molecule has 90 valence electrons. The van der Waals surface area contributed by atoms with Crippen LogP contribution in [0.4, 0.5) is 0 Å². The van der Waals surface area contributed by atoms with Gasteiger partial charge in [-0.15, -0.1) is 0 Å². The van der Waals surface area contributed by atoms with Gasteiger partial charge in [0.1, 0.15) is 4.60 Å². The van der Waals surface area contributed by atoms with Gasteiger partial charge in [0.2, 0.25) is 5.91 Å². The highest BCUT2D eigenvalue weighted by Gasteiger charge is 2.33. The van der Waals surface area contributed by atoms with Gasteiger partial charge in [0.05, 0.1) is 5.56 Å². The number of nitrogens with zero attached hydrogens (tertiary/aromatic N) is 2. The molecule has 1 aliphatic heterocycles. The van der Waals surface area contributed by atoms with Gasteiger partial charge < -0.3 is 0 Å². The lowest BCUT2D eigenvalue weighted by molar-refractivity contribution is -0.125. The summed E-state index contributed by atoms with van der Waals surface area (Å²) in [5.74, 6) is -0.0505. The first kappa shape index (κ1) is 12.2. The van der Waals surface area contributed by atoms with Gasteiger partial charge in [-0.1, -0.05) is 13.3 Å². The summed E-state index contributed by atoms with van der Waals surface area (Å²) in [7, 11) is 0. The fourth-order valence-electron chi connectivity index (χ4n) is 1.94. The molecule has 0 bridgehead atoms. The third-order valence-corrected chi connectivity index (χ3v) is 3.65. The summed E-state index contributed by atoms with van der Waals surface area (Å²) in [6.07, 6.45) is 2.99. The predicted molar refractivity (Wildman–Crippen MR) is 66.4 cm³/mol. The van der Waals surface area contributed by atoms with Gasteiger partial charge in [-0.25, -0.2) is 4.98 Å². The topological polar surface area (TPSA) is 50.3 Å². The normalized spacial score (nSPS) is 19.8. The van der Waals surface area contributed by atoms with Crippen molar-refractivity contribution in [1.82, 2.24) is 9.88 Å². The second-order valence-electron chi connectivity index (χ2n) is 4.13. The molecule has 1 fully saturated rings. The number of likely N-dealkylation sites (tertiary alicyclic amines) is 1. The summed E-state index contributed by atoms with van der Waals surface area (Å²) in [6, 6.07) is 3.36. The van der Waals surface area contributed by atoms with Crippen molar-refractivity contribution in [2.75, 3.05) is 6.54 Å². The number of carbonyl (C=O) groups is 2. The largest absolute Gasteiger partial charge is 0.278 e. The molecule has 1 aromatic rings. The van der Waals surface area contributed by atoms with Crippen molar-refractivity contribution in [1.29, 1.82) is 0 Å². The molecule has 0 saturated carbocycles. The van der Waals surface area contributed by atoms with Crippen molar-refractivity contribution in [3.8, 4) is 0 Å². The minimum Gasteiger partial charge on any atom is -0.278 e. The summed E-state index contributed by atoms with van der Waals surface area (Å²) in [6.45, 7) is 2.56. The zero-order chi connectivity index (χ0) is 12.4. The van der Waals surface area contributed by atoms with E-state index in [1.165, 1.54) is 4.90 Å². The highest BCUT2D eigenvalue weighted by atomic mass is 79.9. The number of amides is 2. The maximum Gasteiger partial charge on any atom is 0.263 e. The zero-order valence-corrected chi connectivity index (χ0v) is 11.1. The number of hydrogen-bond acceptors (Lipinski definition) is 3. The van der Waals surface area contributed by atoms with Crippen LogP contribution in [0, 0.1) is 5.92 Å². The predicted octanol–water partition coefficient (Wildman–Crippen LogP) is 2.24. The number of aromatic nitrogens is 1. The molecule has 0 radical (unpaired) electrons. The Hall–Kier alpha value is -1.23. The minimum atomic E-state index is -0.258. The summed E-state index contributed by atoms with van der Waals surface area (Å²) >= 11 is 3.23. The number of halogens is 1. The Labute approximate surface area is 108 Å². The third-order valence-electron chi connectivity index (χ3n) is 3.02. The standard InChI is InChI=1S/C12H13BrN2O2/c1-2-8-6-10(16)15(7-8)12(17)9-4-3-5-14-11(9)13/h3-5,8H,2,6-7H2,1H3. The lowest BCUT2D eigenvalue weighted by Crippen LogP contribution is -2.32. The summed E-state index contributed by atoms with van der Waals surface area (Å²) in [5, 5.41) is 0. The fraction of sp³-hybridized carbons (Fsp3) is 0.417. The Morgan fingerprint density at radius 2 is 2.41 bits per heavy atom.